The molecule has 0 atom stereocenters. The van der Waals surface area contributed by atoms with Crippen LogP contribution in [0.25, 0.3) is 0 Å². The molecule has 0 saturated heterocycles. The van der Waals surface area contributed by atoms with Gasteiger partial charge in [-0.25, -0.2) is 0 Å². The fourth-order valence-corrected chi connectivity index (χ4v) is 0. The predicted molar refractivity (Wildman–Crippen MR) is 22.6 cm³/mol. The molecule has 0 aliphatic heterocycles. The van der Waals surface area contributed by atoms with Gasteiger partial charge in [-0.2, -0.15) is 8.42 Å². The zero-order valence-electron chi connectivity index (χ0n) is 3.59. The molecule has 0 aromatic rings. The van der Waals surface area contributed by atoms with Crippen LogP contribution in [0.15, 0.2) is 0 Å². The van der Waals surface area contributed by atoms with Crippen molar-refractivity contribution in [2.75, 3.05) is 0 Å². The molecule has 6 nitrogen and oxygen atoms in total. The number of rotatable bonds is 0. The molecule has 8 heteroatoms. The maximum atomic E-state index is 8.74. The van der Waals surface area contributed by atoms with E-state index in [0.717, 1.165) is 0 Å². The first-order valence-electron chi connectivity index (χ1n) is 1.06. The molecular weight excluding hydrogens is 319 g/mol. The molecule has 0 aromatic carbocycles. The van der Waals surface area contributed by atoms with Gasteiger partial charge >= 0.3 is 38.0 Å². The van der Waals surface area contributed by atoms with Crippen LogP contribution in [-0.2, 0) is 29.5 Å². The summed E-state index contributed by atoms with van der Waals surface area (Å²) in [4.78, 5) is 0. The Hall–Kier alpha value is 0.478. The Kier molecular flexibility index (Phi) is 7.93. The van der Waals surface area contributed by atoms with E-state index in [0.29, 0.717) is 0 Å². The summed E-state index contributed by atoms with van der Waals surface area (Å²) in [5.41, 5.74) is 0. The van der Waals surface area contributed by atoms with E-state index in [1.54, 1.807) is 0 Å². The standard InChI is InChI=1S/2H2N.H2O4S.Pt/c;;1-5(2,3)4;/h2*1H2;(H2,1,2,3,4);/q2*-1;;+2. The van der Waals surface area contributed by atoms with Crippen molar-refractivity contribution >= 4 is 10.4 Å². The van der Waals surface area contributed by atoms with Crippen LogP contribution in [0.4, 0.5) is 0 Å². The van der Waals surface area contributed by atoms with Crippen molar-refractivity contribution in [3.8, 4) is 0 Å². The SMILES string of the molecule is O=S(=O)(O)O.[NH2][Pt][NH2]. The first-order chi connectivity index (χ1) is 3.41. The van der Waals surface area contributed by atoms with Crippen molar-refractivity contribution in [3.05, 3.63) is 0 Å². The number of hydrogen-bond acceptors (Lipinski definition) is 4. The monoisotopic (exact) mass is 325 g/mol. The van der Waals surface area contributed by atoms with Gasteiger partial charge in [0.15, 0.2) is 0 Å². The van der Waals surface area contributed by atoms with Crippen LogP contribution in [0.3, 0.4) is 0 Å². The molecule has 0 spiro atoms. The quantitative estimate of drug-likeness (QED) is 0.388. The molecule has 6 N–H and O–H groups in total. The van der Waals surface area contributed by atoms with Gasteiger partial charge in [0.25, 0.3) is 0 Å². The summed E-state index contributed by atoms with van der Waals surface area (Å²) in [5, 5.41) is 0. The van der Waals surface area contributed by atoms with Crippen LogP contribution in [0, 0.1) is 0 Å². The average Bonchev–Trinajstić information content (AvgIpc) is 1.27. The fourth-order valence-electron chi connectivity index (χ4n) is 0. The molecule has 0 saturated carbocycles. The molecule has 0 rings (SSSR count). The van der Waals surface area contributed by atoms with Crippen molar-refractivity contribution in [1.29, 1.82) is 0 Å². The third-order valence-corrected chi connectivity index (χ3v) is 0. The normalized spacial score (nSPS) is 10.0. The van der Waals surface area contributed by atoms with E-state index in [-0.39, 0.29) is 0 Å². The molecule has 0 bridgehead atoms. The Morgan fingerprint density at radius 1 is 1.25 bits per heavy atom. The van der Waals surface area contributed by atoms with Gasteiger partial charge in [0.2, 0.25) is 0 Å². The van der Waals surface area contributed by atoms with Crippen molar-refractivity contribution in [1.82, 2.24) is 0 Å². The van der Waals surface area contributed by atoms with Crippen molar-refractivity contribution in [2.24, 2.45) is 8.58 Å². The average molecular weight is 325 g/mol. The summed E-state index contributed by atoms with van der Waals surface area (Å²) in [5.74, 6) is 0. The van der Waals surface area contributed by atoms with Crippen LogP contribution in [0.5, 0.6) is 0 Å². The van der Waals surface area contributed by atoms with Crippen molar-refractivity contribution < 1.29 is 36.6 Å². The molecule has 0 unspecified atom stereocenters. The predicted octanol–water partition coefficient (Wildman–Crippen LogP) is -1.84. The van der Waals surface area contributed by atoms with Crippen LogP contribution in [-0.4, -0.2) is 17.5 Å². The van der Waals surface area contributed by atoms with Gasteiger partial charge in [-0.05, 0) is 0 Å². The molecule has 56 valence electrons. The summed E-state index contributed by atoms with van der Waals surface area (Å²) in [6, 6.07) is 0. The Balaban J connectivity index is 0. The van der Waals surface area contributed by atoms with E-state index < -0.39 is 29.5 Å². The first-order valence-corrected chi connectivity index (χ1v) is 5.08. The maximum absolute atomic E-state index is 8.74. The molecule has 0 fully saturated rings. The molecule has 0 radical (unpaired) electrons. The van der Waals surface area contributed by atoms with Crippen LogP contribution in [0.1, 0.15) is 0 Å². The van der Waals surface area contributed by atoms with Gasteiger partial charge < -0.3 is 0 Å². The third kappa shape index (κ3) is 850. The van der Waals surface area contributed by atoms with Gasteiger partial charge in [0, 0.05) is 0 Å². The second-order valence-electron chi connectivity index (χ2n) is 0.553. The minimum atomic E-state index is -4.67. The minimum absolute atomic E-state index is 0.417. The summed E-state index contributed by atoms with van der Waals surface area (Å²) in [6.45, 7) is 0. The fraction of sp³-hybridized carbons (Fsp3) is 0. The van der Waals surface area contributed by atoms with Gasteiger partial charge in [-0.15, -0.1) is 0 Å². The van der Waals surface area contributed by atoms with E-state index in [9.17, 15) is 0 Å². The van der Waals surface area contributed by atoms with E-state index in [4.69, 9.17) is 26.1 Å². The molecule has 0 amide bonds. The second-order valence-corrected chi connectivity index (χ2v) is 2.21. The van der Waals surface area contributed by atoms with Gasteiger partial charge in [0.1, 0.15) is 0 Å². The van der Waals surface area contributed by atoms with Crippen molar-refractivity contribution in [3.63, 3.8) is 0 Å². The van der Waals surface area contributed by atoms with E-state index in [2.05, 4.69) is 0 Å². The Morgan fingerprint density at radius 3 is 1.25 bits per heavy atom. The molecule has 0 aromatic heterocycles. The van der Waals surface area contributed by atoms with E-state index in [1.807, 2.05) is 0 Å². The molecular formula is H6N2O4PtS. The van der Waals surface area contributed by atoms with Crippen LogP contribution in [0.2, 0.25) is 0 Å². The Labute approximate surface area is 55.9 Å². The zero-order chi connectivity index (χ0) is 7.21. The molecule has 0 aliphatic carbocycles. The van der Waals surface area contributed by atoms with Crippen LogP contribution >= 0.6 is 0 Å². The molecule has 8 heavy (non-hydrogen) atoms. The number of nitrogens with two attached hydrogens (primary N) is 2. The summed E-state index contributed by atoms with van der Waals surface area (Å²) >= 11 is -0.417. The van der Waals surface area contributed by atoms with E-state index in [1.165, 1.54) is 0 Å². The Morgan fingerprint density at radius 2 is 1.25 bits per heavy atom. The summed E-state index contributed by atoms with van der Waals surface area (Å²) in [7, 11) is -4.67. The van der Waals surface area contributed by atoms with Crippen LogP contribution < -0.4 is 8.58 Å². The van der Waals surface area contributed by atoms with Gasteiger partial charge in [-0.1, -0.05) is 0 Å². The molecule has 0 heterocycles. The number of hydrogen-bond donors (Lipinski definition) is 4. The first kappa shape index (κ1) is 11.3. The zero-order valence-corrected chi connectivity index (χ0v) is 6.68. The summed E-state index contributed by atoms with van der Waals surface area (Å²) in [6.07, 6.45) is 0. The second kappa shape index (κ2) is 5.61. The Bertz CT molecular complexity index is 108. The molecule has 0 aliphatic rings. The van der Waals surface area contributed by atoms with Crippen molar-refractivity contribution in [2.45, 2.75) is 0 Å². The van der Waals surface area contributed by atoms with Gasteiger partial charge in [0.05, 0.1) is 0 Å². The van der Waals surface area contributed by atoms with E-state index >= 15 is 0 Å². The topological polar surface area (TPSA) is 127 Å². The van der Waals surface area contributed by atoms with Gasteiger partial charge in [-0.3, -0.25) is 9.11 Å². The summed E-state index contributed by atoms with van der Waals surface area (Å²) < 4.78 is 41.1. The third-order valence-electron chi connectivity index (χ3n) is 0.